The van der Waals surface area contributed by atoms with Gasteiger partial charge < -0.3 is 15.2 Å². The van der Waals surface area contributed by atoms with Crippen molar-refractivity contribution in [1.82, 2.24) is 0 Å². The zero-order chi connectivity index (χ0) is 15.2. The minimum atomic E-state index is -2.94. The smallest absolute Gasteiger partial charge is 0.387 e. The molecule has 0 saturated heterocycles. The second-order valence-corrected chi connectivity index (χ2v) is 4.22. The van der Waals surface area contributed by atoms with E-state index in [1.807, 2.05) is 0 Å². The molecule has 0 aromatic heterocycles. The number of rotatable bonds is 5. The van der Waals surface area contributed by atoms with Crippen LogP contribution >= 0.6 is 0 Å². The van der Waals surface area contributed by atoms with Crippen LogP contribution in [0.1, 0.15) is 15.9 Å². The van der Waals surface area contributed by atoms with Gasteiger partial charge in [0.2, 0.25) is 0 Å². The van der Waals surface area contributed by atoms with Gasteiger partial charge in [-0.15, -0.1) is 0 Å². The SMILES string of the molecule is O=C(Nc1ccc(CO)cc1)c1cccc(OC(F)F)c1. The number of anilines is 1. The summed E-state index contributed by atoms with van der Waals surface area (Å²) in [5.74, 6) is -0.514. The third kappa shape index (κ3) is 4.25. The van der Waals surface area contributed by atoms with E-state index in [2.05, 4.69) is 10.1 Å². The van der Waals surface area contributed by atoms with Crippen molar-refractivity contribution in [2.24, 2.45) is 0 Å². The first-order valence-electron chi connectivity index (χ1n) is 6.14. The molecule has 4 nitrogen and oxygen atoms in total. The van der Waals surface area contributed by atoms with E-state index in [0.29, 0.717) is 5.69 Å². The fraction of sp³-hybridized carbons (Fsp3) is 0.133. The maximum atomic E-state index is 12.1. The molecule has 0 spiro atoms. The predicted molar refractivity (Wildman–Crippen MR) is 73.4 cm³/mol. The molecule has 1 amide bonds. The summed E-state index contributed by atoms with van der Waals surface area (Å²) >= 11 is 0. The van der Waals surface area contributed by atoms with E-state index in [0.717, 1.165) is 5.56 Å². The first-order valence-corrected chi connectivity index (χ1v) is 6.14. The summed E-state index contributed by atoms with van der Waals surface area (Å²) in [5.41, 5.74) is 1.47. The van der Waals surface area contributed by atoms with Crippen molar-refractivity contribution in [3.8, 4) is 5.75 Å². The number of amides is 1. The molecule has 0 radical (unpaired) electrons. The Kier molecular flexibility index (Phi) is 4.84. The molecule has 0 aliphatic heterocycles. The highest BCUT2D eigenvalue weighted by atomic mass is 19.3. The highest BCUT2D eigenvalue weighted by Crippen LogP contribution is 2.17. The lowest BCUT2D eigenvalue weighted by atomic mass is 10.2. The Morgan fingerprint density at radius 3 is 2.52 bits per heavy atom. The number of aliphatic hydroxyl groups excluding tert-OH is 1. The fourth-order valence-electron chi connectivity index (χ4n) is 1.71. The molecule has 0 fully saturated rings. The lowest BCUT2D eigenvalue weighted by molar-refractivity contribution is -0.0498. The van der Waals surface area contributed by atoms with Gasteiger partial charge in [-0.2, -0.15) is 8.78 Å². The zero-order valence-corrected chi connectivity index (χ0v) is 10.9. The van der Waals surface area contributed by atoms with Gasteiger partial charge in [0.25, 0.3) is 5.91 Å². The van der Waals surface area contributed by atoms with Crippen LogP contribution in [0, 0.1) is 0 Å². The maximum Gasteiger partial charge on any atom is 0.387 e. The van der Waals surface area contributed by atoms with Crippen LogP contribution in [0.3, 0.4) is 0 Å². The quantitative estimate of drug-likeness (QED) is 0.891. The number of alkyl halides is 2. The first-order chi connectivity index (χ1) is 10.1. The molecule has 2 N–H and O–H groups in total. The predicted octanol–water partition coefficient (Wildman–Crippen LogP) is 3.03. The highest BCUT2D eigenvalue weighted by molar-refractivity contribution is 6.04. The third-order valence-electron chi connectivity index (χ3n) is 2.72. The molecule has 0 unspecified atom stereocenters. The summed E-state index contributed by atoms with van der Waals surface area (Å²) in [4.78, 5) is 12.0. The van der Waals surface area contributed by atoms with Crippen LogP contribution in [0.25, 0.3) is 0 Å². The molecule has 6 heteroatoms. The van der Waals surface area contributed by atoms with Gasteiger partial charge in [0, 0.05) is 11.3 Å². The molecule has 0 heterocycles. The van der Waals surface area contributed by atoms with Gasteiger partial charge in [-0.1, -0.05) is 18.2 Å². The second kappa shape index (κ2) is 6.81. The molecular weight excluding hydrogens is 280 g/mol. The fourth-order valence-corrected chi connectivity index (χ4v) is 1.71. The van der Waals surface area contributed by atoms with Crippen LogP contribution in [0.2, 0.25) is 0 Å². The van der Waals surface area contributed by atoms with Gasteiger partial charge in [-0.25, -0.2) is 0 Å². The van der Waals surface area contributed by atoms with Crippen LogP contribution in [0.4, 0.5) is 14.5 Å². The zero-order valence-electron chi connectivity index (χ0n) is 10.9. The van der Waals surface area contributed by atoms with E-state index >= 15 is 0 Å². The summed E-state index contributed by atoms with van der Waals surface area (Å²) in [6, 6.07) is 12.2. The van der Waals surface area contributed by atoms with Gasteiger partial charge in [0.15, 0.2) is 0 Å². The largest absolute Gasteiger partial charge is 0.435 e. The van der Waals surface area contributed by atoms with Crippen LogP contribution in [-0.4, -0.2) is 17.6 Å². The molecule has 0 aliphatic carbocycles. The van der Waals surface area contributed by atoms with Crippen molar-refractivity contribution in [1.29, 1.82) is 0 Å². The number of hydrogen-bond donors (Lipinski definition) is 2. The van der Waals surface area contributed by atoms with E-state index in [1.165, 1.54) is 24.3 Å². The van der Waals surface area contributed by atoms with Crippen molar-refractivity contribution >= 4 is 11.6 Å². The Morgan fingerprint density at radius 1 is 1.19 bits per heavy atom. The van der Waals surface area contributed by atoms with Gasteiger partial charge in [0.05, 0.1) is 6.61 Å². The maximum absolute atomic E-state index is 12.1. The number of aliphatic hydroxyl groups is 1. The number of carbonyl (C=O) groups excluding carboxylic acids is 1. The minimum absolute atomic E-state index is 0.0757. The van der Waals surface area contributed by atoms with E-state index in [1.54, 1.807) is 24.3 Å². The summed E-state index contributed by atoms with van der Waals surface area (Å²) in [7, 11) is 0. The van der Waals surface area contributed by atoms with Crippen molar-refractivity contribution in [2.45, 2.75) is 13.2 Å². The van der Waals surface area contributed by atoms with Gasteiger partial charge in [-0.05, 0) is 35.9 Å². The summed E-state index contributed by atoms with van der Waals surface area (Å²) in [6.45, 7) is -3.02. The molecule has 21 heavy (non-hydrogen) atoms. The Morgan fingerprint density at radius 2 is 1.90 bits per heavy atom. The van der Waals surface area contributed by atoms with Gasteiger partial charge in [0.1, 0.15) is 5.75 Å². The number of halogens is 2. The number of ether oxygens (including phenoxy) is 1. The number of benzene rings is 2. The second-order valence-electron chi connectivity index (χ2n) is 4.22. The van der Waals surface area contributed by atoms with Crippen LogP contribution in [-0.2, 0) is 6.61 Å². The summed E-state index contributed by atoms with van der Waals surface area (Å²) < 4.78 is 28.5. The Hall–Kier alpha value is -2.47. The lowest BCUT2D eigenvalue weighted by Crippen LogP contribution is -2.12. The molecule has 0 saturated carbocycles. The highest BCUT2D eigenvalue weighted by Gasteiger charge is 2.09. The topological polar surface area (TPSA) is 58.6 Å². The molecular formula is C15H13F2NO3. The van der Waals surface area contributed by atoms with Gasteiger partial charge >= 0.3 is 6.61 Å². The van der Waals surface area contributed by atoms with Crippen LogP contribution in [0.5, 0.6) is 5.75 Å². The summed E-state index contributed by atoms with van der Waals surface area (Å²) in [5, 5.41) is 11.6. The van der Waals surface area contributed by atoms with E-state index in [4.69, 9.17) is 5.11 Å². The minimum Gasteiger partial charge on any atom is -0.435 e. The van der Waals surface area contributed by atoms with Gasteiger partial charge in [-0.3, -0.25) is 4.79 Å². The molecule has 2 aromatic carbocycles. The number of hydrogen-bond acceptors (Lipinski definition) is 3. The Bertz CT molecular complexity index is 615. The van der Waals surface area contributed by atoms with Crippen LogP contribution < -0.4 is 10.1 Å². The molecule has 0 bridgehead atoms. The van der Waals surface area contributed by atoms with Crippen molar-refractivity contribution < 1.29 is 23.4 Å². The monoisotopic (exact) mass is 293 g/mol. The molecule has 110 valence electrons. The van der Waals surface area contributed by atoms with Crippen molar-refractivity contribution in [3.63, 3.8) is 0 Å². The normalized spacial score (nSPS) is 10.5. The Balaban J connectivity index is 2.08. The average molecular weight is 293 g/mol. The first kappa shape index (κ1) is 14.9. The molecule has 2 aromatic rings. The van der Waals surface area contributed by atoms with Crippen LogP contribution in [0.15, 0.2) is 48.5 Å². The van der Waals surface area contributed by atoms with Crippen molar-refractivity contribution in [3.05, 3.63) is 59.7 Å². The van der Waals surface area contributed by atoms with Crippen molar-refractivity contribution in [2.75, 3.05) is 5.32 Å². The number of carbonyl (C=O) groups is 1. The Labute approximate surface area is 120 Å². The standard InChI is InChI=1S/C15H13F2NO3/c16-15(17)21-13-3-1-2-11(8-13)14(20)18-12-6-4-10(9-19)5-7-12/h1-8,15,19H,9H2,(H,18,20). The van der Waals surface area contributed by atoms with E-state index in [9.17, 15) is 13.6 Å². The number of nitrogens with one attached hydrogen (secondary N) is 1. The molecule has 0 aliphatic rings. The average Bonchev–Trinajstić information content (AvgIpc) is 2.47. The molecule has 2 rings (SSSR count). The molecule has 0 atom stereocenters. The van der Waals surface area contributed by atoms with E-state index in [-0.39, 0.29) is 17.9 Å². The lowest BCUT2D eigenvalue weighted by Gasteiger charge is -2.08. The third-order valence-corrected chi connectivity index (χ3v) is 2.72. The summed E-state index contributed by atoms with van der Waals surface area (Å²) in [6.07, 6.45) is 0. The van der Waals surface area contributed by atoms with E-state index < -0.39 is 12.5 Å².